The topological polar surface area (TPSA) is 68.3 Å². The monoisotopic (exact) mass is 328 g/mol. The van der Waals surface area contributed by atoms with E-state index in [-0.39, 0.29) is 23.5 Å². The molecule has 1 fully saturated rings. The smallest absolute Gasteiger partial charge is 0.227 e. The van der Waals surface area contributed by atoms with Crippen LogP contribution < -0.4 is 0 Å². The Kier molecular flexibility index (Phi) is 3.62. The highest BCUT2D eigenvalue weighted by atomic mass is 32.3. The Morgan fingerprint density at radius 2 is 1.55 bits per heavy atom. The predicted octanol–water partition coefficient (Wildman–Crippen LogP) is 1.94. The molecule has 4 nitrogen and oxygen atoms in total. The number of sulfone groups is 2. The summed E-state index contributed by atoms with van der Waals surface area (Å²) >= 11 is 0. The minimum Gasteiger partial charge on any atom is -0.227 e. The van der Waals surface area contributed by atoms with Crippen LogP contribution in [0.2, 0.25) is 0 Å². The van der Waals surface area contributed by atoms with Gasteiger partial charge in [0.2, 0.25) is 0 Å². The molecular weight excluding hydrogens is 317 g/mol. The van der Waals surface area contributed by atoms with E-state index in [0.717, 1.165) is 18.2 Å². The minimum absolute atomic E-state index is 0.0277. The standard InChI is InChI=1S/C11H11F3O4S2/c12-11(13,14)9-4-1-3-8(7-9)10-19(15,16)5-2-6-20(10,17)18/h1,3-4,7,10H,2,5-6H2. The molecule has 0 spiro atoms. The van der Waals surface area contributed by atoms with Crippen molar-refractivity contribution in [2.45, 2.75) is 17.2 Å². The number of hydrogen-bond acceptors (Lipinski definition) is 4. The maximum absolute atomic E-state index is 12.6. The van der Waals surface area contributed by atoms with Gasteiger partial charge in [0.05, 0.1) is 17.1 Å². The summed E-state index contributed by atoms with van der Waals surface area (Å²) in [5.41, 5.74) is -1.41. The van der Waals surface area contributed by atoms with Gasteiger partial charge in [-0.2, -0.15) is 13.2 Å². The summed E-state index contributed by atoms with van der Waals surface area (Å²) in [6.07, 6.45) is -4.68. The van der Waals surface area contributed by atoms with Crippen LogP contribution in [0.5, 0.6) is 0 Å². The molecule has 0 aliphatic carbocycles. The van der Waals surface area contributed by atoms with E-state index in [1.807, 2.05) is 0 Å². The summed E-state index contributed by atoms with van der Waals surface area (Å²) in [6.45, 7) is 0. The molecule has 0 aromatic heterocycles. The highest BCUT2D eigenvalue weighted by molar-refractivity contribution is 8.09. The Hall–Kier alpha value is -1.09. The predicted molar refractivity (Wildman–Crippen MR) is 66.4 cm³/mol. The zero-order valence-electron chi connectivity index (χ0n) is 10.1. The third kappa shape index (κ3) is 2.83. The molecule has 112 valence electrons. The van der Waals surface area contributed by atoms with Gasteiger partial charge in [0.15, 0.2) is 24.3 Å². The van der Waals surface area contributed by atoms with Crippen LogP contribution in [0.4, 0.5) is 13.2 Å². The largest absolute Gasteiger partial charge is 0.416 e. The zero-order chi connectivity index (χ0) is 15.2. The van der Waals surface area contributed by atoms with Crippen LogP contribution in [0.3, 0.4) is 0 Å². The molecule has 20 heavy (non-hydrogen) atoms. The van der Waals surface area contributed by atoms with E-state index in [0.29, 0.717) is 6.07 Å². The molecule has 0 amide bonds. The number of rotatable bonds is 1. The normalized spacial score (nSPS) is 22.6. The number of hydrogen-bond donors (Lipinski definition) is 0. The summed E-state index contributed by atoms with van der Waals surface area (Å²) in [5.74, 6) is -0.680. The first kappa shape index (κ1) is 15.3. The maximum atomic E-state index is 12.6. The summed E-state index contributed by atoms with van der Waals surface area (Å²) in [4.78, 5) is 0. The molecule has 2 rings (SSSR count). The van der Waals surface area contributed by atoms with Crippen molar-refractivity contribution < 1.29 is 30.0 Å². The number of benzene rings is 1. The first-order valence-electron chi connectivity index (χ1n) is 5.64. The van der Waals surface area contributed by atoms with Gasteiger partial charge in [-0.1, -0.05) is 12.1 Å². The van der Waals surface area contributed by atoms with E-state index >= 15 is 0 Å². The van der Waals surface area contributed by atoms with Crippen LogP contribution in [-0.2, 0) is 25.9 Å². The average molecular weight is 328 g/mol. The van der Waals surface area contributed by atoms with Crippen molar-refractivity contribution in [3.63, 3.8) is 0 Å². The summed E-state index contributed by atoms with van der Waals surface area (Å²) < 4.78 is 83.6. The molecule has 0 N–H and O–H groups in total. The Bertz CT molecular complexity index is 686. The molecule has 0 radical (unpaired) electrons. The zero-order valence-corrected chi connectivity index (χ0v) is 11.7. The molecule has 1 heterocycles. The van der Waals surface area contributed by atoms with Crippen molar-refractivity contribution in [1.82, 2.24) is 0 Å². The Labute approximate surface area is 114 Å². The second-order valence-corrected chi connectivity index (χ2v) is 9.25. The van der Waals surface area contributed by atoms with Gasteiger partial charge < -0.3 is 0 Å². The second-order valence-electron chi connectivity index (χ2n) is 4.54. The van der Waals surface area contributed by atoms with Crippen LogP contribution in [0, 0.1) is 0 Å². The number of alkyl halides is 3. The van der Waals surface area contributed by atoms with Gasteiger partial charge in [-0.15, -0.1) is 0 Å². The van der Waals surface area contributed by atoms with E-state index in [4.69, 9.17) is 0 Å². The third-order valence-electron chi connectivity index (χ3n) is 3.00. The fourth-order valence-electron chi connectivity index (χ4n) is 2.18. The second kappa shape index (κ2) is 4.73. The van der Waals surface area contributed by atoms with Crippen LogP contribution in [0.15, 0.2) is 24.3 Å². The van der Waals surface area contributed by atoms with Gasteiger partial charge in [-0.05, 0) is 24.1 Å². The Balaban J connectivity index is 2.60. The first-order chi connectivity index (χ1) is 9.04. The van der Waals surface area contributed by atoms with E-state index in [9.17, 15) is 30.0 Å². The van der Waals surface area contributed by atoms with E-state index in [1.165, 1.54) is 0 Å². The van der Waals surface area contributed by atoms with Gasteiger partial charge in [0, 0.05) is 0 Å². The lowest BCUT2D eigenvalue weighted by molar-refractivity contribution is -0.137. The highest BCUT2D eigenvalue weighted by Gasteiger charge is 2.43. The first-order valence-corrected chi connectivity index (χ1v) is 9.07. The van der Waals surface area contributed by atoms with Crippen molar-refractivity contribution in [2.75, 3.05) is 11.5 Å². The van der Waals surface area contributed by atoms with Crippen molar-refractivity contribution in [3.05, 3.63) is 35.4 Å². The lowest BCUT2D eigenvalue weighted by atomic mass is 10.1. The SMILES string of the molecule is O=S1(=O)CCCS(=O)(=O)C1c1cccc(C(F)(F)F)c1. The van der Waals surface area contributed by atoms with Crippen molar-refractivity contribution in [3.8, 4) is 0 Å². The molecule has 1 aromatic carbocycles. The van der Waals surface area contributed by atoms with Crippen LogP contribution in [0.25, 0.3) is 0 Å². The molecule has 1 aliphatic rings. The van der Waals surface area contributed by atoms with Crippen molar-refractivity contribution >= 4 is 19.7 Å². The number of halogens is 3. The van der Waals surface area contributed by atoms with Crippen LogP contribution in [-0.4, -0.2) is 28.3 Å². The average Bonchev–Trinajstić information content (AvgIpc) is 2.25. The van der Waals surface area contributed by atoms with Crippen molar-refractivity contribution in [2.24, 2.45) is 0 Å². The maximum Gasteiger partial charge on any atom is 0.416 e. The van der Waals surface area contributed by atoms with Gasteiger partial charge in [0.25, 0.3) is 0 Å². The van der Waals surface area contributed by atoms with Crippen LogP contribution >= 0.6 is 0 Å². The van der Waals surface area contributed by atoms with Gasteiger partial charge in [-0.25, -0.2) is 16.8 Å². The van der Waals surface area contributed by atoms with E-state index in [2.05, 4.69) is 0 Å². The summed E-state index contributed by atoms with van der Waals surface area (Å²) in [5, 5.41) is 0. The van der Waals surface area contributed by atoms with Crippen LogP contribution in [0.1, 0.15) is 22.1 Å². The quantitative estimate of drug-likeness (QED) is 0.790. The lowest BCUT2D eigenvalue weighted by Gasteiger charge is -2.23. The van der Waals surface area contributed by atoms with Gasteiger partial charge in [-0.3, -0.25) is 0 Å². The minimum atomic E-state index is -4.65. The molecular formula is C11H11F3O4S2. The molecule has 0 saturated carbocycles. The van der Waals surface area contributed by atoms with Crippen molar-refractivity contribution in [1.29, 1.82) is 0 Å². The Morgan fingerprint density at radius 3 is 2.05 bits per heavy atom. The summed E-state index contributed by atoms with van der Waals surface area (Å²) in [7, 11) is -8.00. The third-order valence-corrected chi connectivity index (χ3v) is 8.32. The molecule has 1 saturated heterocycles. The van der Waals surface area contributed by atoms with E-state index in [1.54, 1.807) is 0 Å². The fraction of sp³-hybridized carbons (Fsp3) is 0.455. The molecule has 9 heteroatoms. The van der Waals surface area contributed by atoms with E-state index < -0.39 is 36.0 Å². The lowest BCUT2D eigenvalue weighted by Crippen LogP contribution is -2.32. The van der Waals surface area contributed by atoms with Gasteiger partial charge in [0.1, 0.15) is 0 Å². The highest BCUT2D eigenvalue weighted by Crippen LogP contribution is 2.37. The molecule has 0 atom stereocenters. The summed E-state index contributed by atoms with van der Waals surface area (Å²) in [6, 6.07) is 3.47. The molecule has 0 bridgehead atoms. The molecule has 1 aromatic rings. The molecule has 1 aliphatic heterocycles. The molecule has 0 unspecified atom stereocenters. The fourth-order valence-corrected chi connectivity index (χ4v) is 7.37. The Morgan fingerprint density at radius 1 is 1.00 bits per heavy atom. The van der Waals surface area contributed by atoms with Gasteiger partial charge >= 0.3 is 6.18 Å².